The van der Waals surface area contributed by atoms with Crippen LogP contribution in [0.3, 0.4) is 0 Å². The van der Waals surface area contributed by atoms with Crippen molar-refractivity contribution in [2.45, 2.75) is 25.9 Å². The average Bonchev–Trinajstić information content (AvgIpc) is 2.80. The molecule has 1 unspecified atom stereocenters. The topological polar surface area (TPSA) is 65.1 Å². The Bertz CT molecular complexity index is 609. The van der Waals surface area contributed by atoms with Gasteiger partial charge in [0.25, 0.3) is 0 Å². The molecule has 1 aromatic carbocycles. The highest BCUT2D eigenvalue weighted by molar-refractivity contribution is 9.10. The third kappa shape index (κ3) is 3.68. The second-order valence-corrected chi connectivity index (χ2v) is 5.98. The van der Waals surface area contributed by atoms with Gasteiger partial charge in [0, 0.05) is 33.7 Å². The zero-order valence-corrected chi connectivity index (χ0v) is 12.8. The first-order valence-electron chi connectivity index (χ1n) is 5.98. The van der Waals surface area contributed by atoms with E-state index in [1.165, 1.54) is 0 Å². The Morgan fingerprint density at radius 2 is 2.32 bits per heavy atom. The second-order valence-electron chi connectivity index (χ2n) is 4.22. The monoisotopic (exact) mass is 342 g/mol. The molecule has 3 N–H and O–H groups in total. The summed E-state index contributed by atoms with van der Waals surface area (Å²) in [6, 6.07) is 5.44. The molecule has 0 aliphatic rings. The predicted molar refractivity (Wildman–Crippen MR) is 80.6 cm³/mol. The molecule has 0 spiro atoms. The highest BCUT2D eigenvalue weighted by atomic mass is 79.9. The molecule has 2 aromatic rings. The van der Waals surface area contributed by atoms with Crippen LogP contribution in [0.2, 0.25) is 0 Å². The lowest BCUT2D eigenvalue weighted by Gasteiger charge is -2.18. The van der Waals surface area contributed by atoms with Gasteiger partial charge in [-0.2, -0.15) is 0 Å². The third-order valence-electron chi connectivity index (χ3n) is 2.88. The molecule has 1 atom stereocenters. The molecule has 0 saturated heterocycles. The molecule has 0 fully saturated rings. The van der Waals surface area contributed by atoms with Crippen molar-refractivity contribution in [3.63, 3.8) is 0 Å². The van der Waals surface area contributed by atoms with Crippen molar-refractivity contribution in [2.75, 3.05) is 0 Å². The Hall–Kier alpha value is -1.11. The maximum Gasteiger partial charge on any atom is 0.304 e. The summed E-state index contributed by atoms with van der Waals surface area (Å²) in [6.07, 6.45) is 0.846. The van der Waals surface area contributed by atoms with Crippen LogP contribution in [0.4, 0.5) is 0 Å². The van der Waals surface area contributed by atoms with Crippen LogP contribution in [-0.4, -0.2) is 10.1 Å². The number of phenols is 1. The molecule has 0 bridgehead atoms. The van der Waals surface area contributed by atoms with Gasteiger partial charge in [0.2, 0.25) is 0 Å². The van der Waals surface area contributed by atoms with E-state index < -0.39 is 0 Å². The molecule has 2 rings (SSSR count). The van der Waals surface area contributed by atoms with Crippen LogP contribution in [0.1, 0.15) is 30.6 Å². The van der Waals surface area contributed by atoms with Gasteiger partial charge in [0.05, 0.1) is 0 Å². The summed E-state index contributed by atoms with van der Waals surface area (Å²) in [4.78, 5) is 13.8. The molecule has 0 saturated carbocycles. The van der Waals surface area contributed by atoms with Crippen molar-refractivity contribution in [1.29, 1.82) is 0 Å². The minimum Gasteiger partial charge on any atom is -0.508 e. The van der Waals surface area contributed by atoms with E-state index in [9.17, 15) is 9.90 Å². The molecule has 0 aliphatic heterocycles. The standard InChI is InChI=1S/C13H15BrN2O2S/c1-2-11(10-5-8(14)3-4-12(10)17)15-6-9-7-19-13(18)16-9/h3-5,7,11,15,17H,2,6H2,1H3,(H,16,18). The van der Waals surface area contributed by atoms with Crippen molar-refractivity contribution in [3.05, 3.63) is 49.0 Å². The number of benzene rings is 1. The summed E-state index contributed by atoms with van der Waals surface area (Å²) in [5.41, 5.74) is 1.72. The summed E-state index contributed by atoms with van der Waals surface area (Å²) in [6.45, 7) is 2.62. The first-order valence-corrected chi connectivity index (χ1v) is 7.66. The number of halogens is 1. The number of aromatic hydroxyl groups is 1. The molecule has 0 radical (unpaired) electrons. The summed E-state index contributed by atoms with van der Waals surface area (Å²) in [5, 5.41) is 15.1. The summed E-state index contributed by atoms with van der Waals surface area (Å²) >= 11 is 4.57. The Labute approximate surface area is 123 Å². The van der Waals surface area contributed by atoms with E-state index in [4.69, 9.17) is 0 Å². The number of rotatable bonds is 5. The van der Waals surface area contributed by atoms with Gasteiger partial charge in [0.15, 0.2) is 0 Å². The van der Waals surface area contributed by atoms with Gasteiger partial charge >= 0.3 is 4.87 Å². The summed E-state index contributed by atoms with van der Waals surface area (Å²) < 4.78 is 0.935. The van der Waals surface area contributed by atoms with Gasteiger partial charge in [-0.15, -0.1) is 0 Å². The number of nitrogens with one attached hydrogen (secondary N) is 2. The van der Waals surface area contributed by atoms with Gasteiger partial charge in [-0.05, 0) is 24.6 Å². The van der Waals surface area contributed by atoms with Crippen LogP contribution in [0.15, 0.2) is 32.8 Å². The van der Waals surface area contributed by atoms with Gasteiger partial charge < -0.3 is 15.4 Å². The fourth-order valence-electron chi connectivity index (χ4n) is 1.91. The average molecular weight is 343 g/mol. The van der Waals surface area contributed by atoms with E-state index >= 15 is 0 Å². The number of hydrogen-bond donors (Lipinski definition) is 3. The highest BCUT2D eigenvalue weighted by Gasteiger charge is 2.13. The molecule has 6 heteroatoms. The molecular formula is C13H15BrN2O2S. The van der Waals surface area contributed by atoms with Crippen molar-refractivity contribution in [1.82, 2.24) is 10.3 Å². The van der Waals surface area contributed by atoms with E-state index in [0.717, 1.165) is 33.5 Å². The molecule has 4 nitrogen and oxygen atoms in total. The quantitative estimate of drug-likeness (QED) is 0.781. The van der Waals surface area contributed by atoms with Crippen molar-refractivity contribution >= 4 is 27.3 Å². The molecule has 19 heavy (non-hydrogen) atoms. The minimum absolute atomic E-state index is 0.0425. The Morgan fingerprint density at radius 3 is 2.95 bits per heavy atom. The van der Waals surface area contributed by atoms with Crippen LogP contribution in [0.5, 0.6) is 5.75 Å². The summed E-state index contributed by atoms with van der Waals surface area (Å²) in [7, 11) is 0. The molecular weight excluding hydrogens is 328 g/mol. The first kappa shape index (κ1) is 14.3. The summed E-state index contributed by atoms with van der Waals surface area (Å²) in [5.74, 6) is 0.279. The molecule has 102 valence electrons. The number of hydrogen-bond acceptors (Lipinski definition) is 4. The van der Waals surface area contributed by atoms with Crippen molar-refractivity contribution < 1.29 is 5.11 Å². The van der Waals surface area contributed by atoms with Crippen molar-refractivity contribution in [3.8, 4) is 5.75 Å². The van der Waals surface area contributed by atoms with Gasteiger partial charge in [-0.1, -0.05) is 34.2 Å². The van der Waals surface area contributed by atoms with Crippen molar-refractivity contribution in [2.24, 2.45) is 0 Å². The van der Waals surface area contributed by atoms with E-state index in [0.29, 0.717) is 6.54 Å². The number of H-pyrrole nitrogens is 1. The lowest BCUT2D eigenvalue weighted by atomic mass is 10.0. The Balaban J connectivity index is 2.11. The predicted octanol–water partition coefficient (Wildman–Crippen LogP) is 3.15. The second kappa shape index (κ2) is 6.36. The van der Waals surface area contributed by atoms with Crippen LogP contribution >= 0.6 is 27.3 Å². The van der Waals surface area contributed by atoms with Crippen LogP contribution < -0.4 is 10.2 Å². The maximum atomic E-state index is 11.1. The van der Waals surface area contributed by atoms with Gasteiger partial charge in [-0.25, -0.2) is 0 Å². The number of phenolic OH excluding ortho intramolecular Hbond substituents is 1. The van der Waals surface area contributed by atoms with E-state index in [-0.39, 0.29) is 16.7 Å². The third-order valence-corrected chi connectivity index (χ3v) is 4.09. The van der Waals surface area contributed by atoms with Crippen LogP contribution in [0.25, 0.3) is 0 Å². The fraction of sp³-hybridized carbons (Fsp3) is 0.308. The largest absolute Gasteiger partial charge is 0.508 e. The zero-order chi connectivity index (χ0) is 13.8. The number of aromatic nitrogens is 1. The molecule has 1 heterocycles. The first-order chi connectivity index (χ1) is 9.10. The van der Waals surface area contributed by atoms with Gasteiger partial charge in [-0.3, -0.25) is 4.79 Å². The maximum absolute atomic E-state index is 11.1. The molecule has 0 amide bonds. The van der Waals surface area contributed by atoms with Gasteiger partial charge in [0.1, 0.15) is 5.75 Å². The fourth-order valence-corrected chi connectivity index (χ4v) is 2.87. The SMILES string of the molecule is CCC(NCc1csc(=O)[nH]1)c1cc(Br)ccc1O. The molecule has 0 aliphatic carbocycles. The van der Waals surface area contributed by atoms with Crippen LogP contribution in [-0.2, 0) is 6.54 Å². The van der Waals surface area contributed by atoms with E-state index in [1.54, 1.807) is 6.07 Å². The minimum atomic E-state index is -0.0462. The zero-order valence-electron chi connectivity index (χ0n) is 10.4. The highest BCUT2D eigenvalue weighted by Crippen LogP contribution is 2.29. The smallest absolute Gasteiger partial charge is 0.304 e. The van der Waals surface area contributed by atoms with Crippen LogP contribution in [0, 0.1) is 0 Å². The van der Waals surface area contributed by atoms with E-state index in [2.05, 4.69) is 26.2 Å². The Kier molecular flexibility index (Phi) is 4.79. The van der Waals surface area contributed by atoms with E-state index in [1.807, 2.05) is 24.4 Å². The lowest BCUT2D eigenvalue weighted by molar-refractivity contribution is 0.439. The Morgan fingerprint density at radius 1 is 1.53 bits per heavy atom. The number of thiazole rings is 1. The number of aromatic amines is 1. The molecule has 1 aromatic heterocycles. The normalized spacial score (nSPS) is 12.5. The lowest BCUT2D eigenvalue weighted by Crippen LogP contribution is -2.21.